The van der Waals surface area contributed by atoms with Crippen molar-refractivity contribution in [2.45, 2.75) is 31.8 Å². The van der Waals surface area contributed by atoms with E-state index >= 15 is 0 Å². The maximum Gasteiger partial charge on any atom is 0.138 e. The molecule has 2 rings (SSSR count). The molecular weight excluding hydrogens is 230 g/mol. The zero-order chi connectivity index (χ0) is 12.3. The third-order valence-electron chi connectivity index (χ3n) is 2.99. The number of thioether (sulfide) groups is 1. The fraction of sp³-hybridized carbons (Fsp3) is 0.462. The Kier molecular flexibility index (Phi) is 4.07. The van der Waals surface area contributed by atoms with Crippen molar-refractivity contribution in [3.05, 3.63) is 30.1 Å². The zero-order valence-corrected chi connectivity index (χ0v) is 11.2. The molecule has 0 spiro atoms. The van der Waals surface area contributed by atoms with E-state index in [0.717, 1.165) is 28.0 Å². The molecule has 17 heavy (non-hydrogen) atoms. The summed E-state index contributed by atoms with van der Waals surface area (Å²) < 4.78 is 2.08. The van der Waals surface area contributed by atoms with Crippen LogP contribution in [0.1, 0.15) is 26.0 Å². The molecule has 0 aliphatic carbocycles. The molecule has 0 saturated heterocycles. The molecule has 2 aromatic rings. The van der Waals surface area contributed by atoms with E-state index in [-0.39, 0.29) is 0 Å². The molecule has 0 amide bonds. The Labute approximate surface area is 106 Å². The number of hydrogen-bond acceptors (Lipinski definition) is 3. The summed E-state index contributed by atoms with van der Waals surface area (Å²) >= 11 is 1.82. The summed E-state index contributed by atoms with van der Waals surface area (Å²) in [6, 6.07) is 6.04. The largest absolute Gasteiger partial charge is 0.325 e. The summed E-state index contributed by atoms with van der Waals surface area (Å²) in [5, 5.41) is 1.08. The van der Waals surface area contributed by atoms with Gasteiger partial charge in [0.05, 0.1) is 5.69 Å². The molecule has 1 atom stereocenters. The first kappa shape index (κ1) is 12.5. The molecule has 2 N–H and O–H groups in total. The third kappa shape index (κ3) is 2.64. The Morgan fingerprint density at radius 1 is 1.47 bits per heavy atom. The van der Waals surface area contributed by atoms with Crippen LogP contribution in [0.25, 0.3) is 5.65 Å². The lowest BCUT2D eigenvalue weighted by atomic mass is 10.2. The molecule has 1 unspecified atom stereocenters. The van der Waals surface area contributed by atoms with E-state index in [0.29, 0.717) is 6.54 Å². The van der Waals surface area contributed by atoms with E-state index in [1.807, 2.05) is 36.2 Å². The fourth-order valence-electron chi connectivity index (χ4n) is 1.67. The van der Waals surface area contributed by atoms with Gasteiger partial charge in [-0.3, -0.25) is 0 Å². The average molecular weight is 249 g/mol. The van der Waals surface area contributed by atoms with Crippen molar-refractivity contribution < 1.29 is 0 Å². The minimum absolute atomic E-state index is 0.536. The van der Waals surface area contributed by atoms with Gasteiger partial charge in [0, 0.05) is 18.5 Å². The molecule has 2 aromatic heterocycles. The molecular formula is C13H19N3S. The Balaban J connectivity index is 2.27. The Bertz CT molecular complexity index is 492. The number of aromatic nitrogens is 2. The van der Waals surface area contributed by atoms with Crippen molar-refractivity contribution in [2.24, 2.45) is 11.7 Å². The molecule has 4 heteroatoms. The minimum atomic E-state index is 0.536. The van der Waals surface area contributed by atoms with Crippen LogP contribution in [0.15, 0.2) is 29.4 Å². The number of imidazole rings is 1. The number of nitrogens with two attached hydrogens (primary N) is 1. The second-order valence-electron chi connectivity index (χ2n) is 4.32. The summed E-state index contributed by atoms with van der Waals surface area (Å²) in [6.45, 7) is 5.03. The monoisotopic (exact) mass is 249 g/mol. The van der Waals surface area contributed by atoms with Crippen LogP contribution in [0.2, 0.25) is 0 Å². The van der Waals surface area contributed by atoms with Gasteiger partial charge in [0.25, 0.3) is 0 Å². The maximum atomic E-state index is 5.83. The molecule has 0 aliphatic rings. The molecule has 2 heterocycles. The quantitative estimate of drug-likeness (QED) is 0.829. The maximum absolute atomic E-state index is 5.83. The first-order valence-electron chi connectivity index (χ1n) is 6.05. The molecule has 0 aliphatic heterocycles. The van der Waals surface area contributed by atoms with E-state index in [1.54, 1.807) is 0 Å². The first-order valence-corrected chi connectivity index (χ1v) is 7.03. The predicted molar refractivity (Wildman–Crippen MR) is 73.3 cm³/mol. The van der Waals surface area contributed by atoms with E-state index in [2.05, 4.69) is 23.2 Å². The smallest absolute Gasteiger partial charge is 0.138 e. The Morgan fingerprint density at radius 2 is 2.29 bits per heavy atom. The van der Waals surface area contributed by atoms with Crippen LogP contribution in [0.3, 0.4) is 0 Å². The lowest BCUT2D eigenvalue weighted by molar-refractivity contribution is 0.636. The normalized spacial score (nSPS) is 13.1. The lowest BCUT2D eigenvalue weighted by Crippen LogP contribution is -2.03. The highest BCUT2D eigenvalue weighted by Crippen LogP contribution is 2.25. The van der Waals surface area contributed by atoms with Gasteiger partial charge >= 0.3 is 0 Å². The molecule has 92 valence electrons. The predicted octanol–water partition coefficient (Wildman–Crippen LogP) is 2.93. The standard InChI is InChI=1S/C13H19N3S/c1-3-10(2)9-17-13-11(8-14)16-7-5-4-6-12(16)15-13/h4-7,10H,3,8-9,14H2,1-2H3. The van der Waals surface area contributed by atoms with Gasteiger partial charge < -0.3 is 10.1 Å². The number of pyridine rings is 1. The van der Waals surface area contributed by atoms with E-state index in [9.17, 15) is 0 Å². The number of hydrogen-bond donors (Lipinski definition) is 1. The van der Waals surface area contributed by atoms with Crippen molar-refractivity contribution >= 4 is 17.4 Å². The first-order chi connectivity index (χ1) is 8.26. The topological polar surface area (TPSA) is 43.3 Å². The molecule has 0 fully saturated rings. The Hall–Kier alpha value is -1.00. The van der Waals surface area contributed by atoms with E-state index in [4.69, 9.17) is 5.73 Å². The molecule has 0 bridgehead atoms. The van der Waals surface area contributed by atoms with Crippen LogP contribution in [0, 0.1) is 5.92 Å². The summed E-state index contributed by atoms with van der Waals surface area (Å²) in [4.78, 5) is 4.64. The van der Waals surface area contributed by atoms with Gasteiger partial charge in [0.1, 0.15) is 10.7 Å². The second kappa shape index (κ2) is 5.56. The number of fused-ring (bicyclic) bond motifs is 1. The second-order valence-corrected chi connectivity index (χ2v) is 5.33. The molecule has 0 radical (unpaired) electrons. The highest BCUT2D eigenvalue weighted by atomic mass is 32.2. The van der Waals surface area contributed by atoms with Gasteiger partial charge in [0.15, 0.2) is 0 Å². The fourth-order valence-corrected chi connectivity index (χ4v) is 2.85. The average Bonchev–Trinajstić information content (AvgIpc) is 2.73. The Morgan fingerprint density at radius 3 is 3.00 bits per heavy atom. The number of rotatable bonds is 5. The highest BCUT2D eigenvalue weighted by molar-refractivity contribution is 7.99. The van der Waals surface area contributed by atoms with Gasteiger partial charge in [0.2, 0.25) is 0 Å². The molecule has 0 saturated carbocycles. The van der Waals surface area contributed by atoms with Crippen LogP contribution >= 0.6 is 11.8 Å². The molecule has 3 nitrogen and oxygen atoms in total. The summed E-state index contributed by atoms with van der Waals surface area (Å²) in [5.41, 5.74) is 7.93. The van der Waals surface area contributed by atoms with Gasteiger partial charge in [-0.05, 0) is 18.1 Å². The molecule has 0 aromatic carbocycles. The van der Waals surface area contributed by atoms with Crippen molar-refractivity contribution in [3.8, 4) is 0 Å². The van der Waals surface area contributed by atoms with Crippen LogP contribution in [0.5, 0.6) is 0 Å². The van der Waals surface area contributed by atoms with Crippen molar-refractivity contribution in [3.63, 3.8) is 0 Å². The van der Waals surface area contributed by atoms with Gasteiger partial charge in [-0.25, -0.2) is 4.98 Å². The number of nitrogens with zero attached hydrogens (tertiary/aromatic N) is 2. The van der Waals surface area contributed by atoms with Crippen LogP contribution in [-0.4, -0.2) is 15.1 Å². The van der Waals surface area contributed by atoms with Crippen LogP contribution in [-0.2, 0) is 6.54 Å². The lowest BCUT2D eigenvalue weighted by Gasteiger charge is -2.06. The SMILES string of the molecule is CCC(C)CSc1nc2ccccn2c1CN. The van der Waals surface area contributed by atoms with Crippen molar-refractivity contribution in [1.82, 2.24) is 9.38 Å². The van der Waals surface area contributed by atoms with Crippen LogP contribution in [0.4, 0.5) is 0 Å². The summed E-state index contributed by atoms with van der Waals surface area (Å²) in [6.07, 6.45) is 3.23. The van der Waals surface area contributed by atoms with Gasteiger partial charge in [-0.1, -0.05) is 26.3 Å². The van der Waals surface area contributed by atoms with E-state index < -0.39 is 0 Å². The van der Waals surface area contributed by atoms with Crippen molar-refractivity contribution in [2.75, 3.05) is 5.75 Å². The zero-order valence-electron chi connectivity index (χ0n) is 10.4. The van der Waals surface area contributed by atoms with Gasteiger partial charge in [-0.2, -0.15) is 0 Å². The van der Waals surface area contributed by atoms with E-state index in [1.165, 1.54) is 6.42 Å². The minimum Gasteiger partial charge on any atom is -0.325 e. The summed E-state index contributed by atoms with van der Waals surface area (Å²) in [5.74, 6) is 1.82. The van der Waals surface area contributed by atoms with Gasteiger partial charge in [-0.15, -0.1) is 11.8 Å². The van der Waals surface area contributed by atoms with Crippen LogP contribution < -0.4 is 5.73 Å². The summed E-state index contributed by atoms with van der Waals surface area (Å²) in [7, 11) is 0. The highest BCUT2D eigenvalue weighted by Gasteiger charge is 2.11. The third-order valence-corrected chi connectivity index (χ3v) is 4.32. The van der Waals surface area contributed by atoms with Crippen molar-refractivity contribution in [1.29, 1.82) is 0 Å².